The zero-order valence-electron chi connectivity index (χ0n) is 17.1. The number of rotatable bonds is 6. The number of amides is 1. The molecule has 2 N–H and O–H groups in total. The van der Waals surface area contributed by atoms with Crippen LogP contribution in [0.1, 0.15) is 71.6 Å². The molecule has 1 heterocycles. The van der Waals surface area contributed by atoms with Crippen molar-refractivity contribution in [3.8, 4) is 5.75 Å². The largest absolute Gasteiger partial charge is 0.573 e. The van der Waals surface area contributed by atoms with Crippen molar-refractivity contribution in [2.75, 3.05) is 6.54 Å². The minimum absolute atomic E-state index is 0.0502. The summed E-state index contributed by atoms with van der Waals surface area (Å²) < 4.78 is 42.8. The lowest BCUT2D eigenvalue weighted by molar-refractivity contribution is -0.274. The van der Waals surface area contributed by atoms with Crippen LogP contribution in [-0.2, 0) is 0 Å². The quantitative estimate of drug-likeness (QED) is 0.688. The molecule has 1 aromatic heterocycles. The van der Waals surface area contributed by atoms with E-state index in [1.54, 1.807) is 0 Å². The van der Waals surface area contributed by atoms with Crippen LogP contribution in [0.15, 0.2) is 30.3 Å². The molecule has 1 saturated carbocycles. The Morgan fingerprint density at radius 3 is 2.43 bits per heavy atom. The summed E-state index contributed by atoms with van der Waals surface area (Å²) in [6.07, 6.45) is 0.0669. The maximum Gasteiger partial charge on any atom is 0.573 e. The maximum atomic E-state index is 12.7. The maximum absolute atomic E-state index is 12.7. The van der Waals surface area contributed by atoms with Crippen LogP contribution in [-0.4, -0.2) is 28.5 Å². The minimum Gasteiger partial charge on any atom is -0.406 e. The molecule has 8 heteroatoms. The van der Waals surface area contributed by atoms with Gasteiger partial charge in [0, 0.05) is 24.0 Å². The van der Waals surface area contributed by atoms with Crippen molar-refractivity contribution in [2.45, 2.75) is 64.5 Å². The van der Waals surface area contributed by atoms with Gasteiger partial charge in [-0.05, 0) is 50.5 Å². The van der Waals surface area contributed by atoms with Crippen LogP contribution in [0.3, 0.4) is 0 Å². The summed E-state index contributed by atoms with van der Waals surface area (Å²) in [6.45, 7) is 3.88. The van der Waals surface area contributed by atoms with Gasteiger partial charge in [-0.25, -0.2) is 0 Å². The van der Waals surface area contributed by atoms with E-state index in [1.807, 2.05) is 19.9 Å². The number of aliphatic hydroxyl groups is 1. The van der Waals surface area contributed by atoms with Gasteiger partial charge in [0.2, 0.25) is 0 Å². The molecule has 1 aliphatic rings. The van der Waals surface area contributed by atoms with Crippen LogP contribution in [0.2, 0.25) is 0 Å². The number of benzene rings is 1. The fraction of sp³-hybridized carbons (Fsp3) is 0.500. The highest BCUT2D eigenvalue weighted by Crippen LogP contribution is 2.32. The van der Waals surface area contributed by atoms with E-state index in [9.17, 15) is 23.1 Å². The summed E-state index contributed by atoms with van der Waals surface area (Å²) in [6, 6.07) is 7.23. The number of carbonyl (C=O) groups is 1. The van der Waals surface area contributed by atoms with Crippen LogP contribution in [0.4, 0.5) is 13.2 Å². The van der Waals surface area contributed by atoms with Crippen LogP contribution in [0.5, 0.6) is 5.75 Å². The van der Waals surface area contributed by atoms with Crippen LogP contribution < -0.4 is 10.1 Å². The Morgan fingerprint density at radius 1 is 1.20 bits per heavy atom. The third-order valence-electron chi connectivity index (χ3n) is 5.62. The lowest BCUT2D eigenvalue weighted by atomic mass is 9.95. The molecule has 0 bridgehead atoms. The van der Waals surface area contributed by atoms with E-state index < -0.39 is 12.5 Å². The van der Waals surface area contributed by atoms with Crippen molar-refractivity contribution >= 4 is 5.91 Å². The first-order valence-corrected chi connectivity index (χ1v) is 10.2. The Balaban J connectivity index is 1.61. The Hall–Kier alpha value is -2.48. The molecule has 30 heavy (non-hydrogen) atoms. The average Bonchev–Trinajstić information content (AvgIpc) is 3.00. The van der Waals surface area contributed by atoms with Gasteiger partial charge >= 0.3 is 6.36 Å². The molecule has 2 aromatic rings. The lowest BCUT2D eigenvalue weighted by Crippen LogP contribution is -2.29. The predicted octanol–water partition coefficient (Wildman–Crippen LogP) is 4.97. The number of nitrogens with zero attached hydrogens (tertiary/aromatic N) is 1. The van der Waals surface area contributed by atoms with Crippen molar-refractivity contribution < 1.29 is 27.8 Å². The molecule has 0 radical (unpaired) electrons. The molecular formula is C22H27F3N2O3. The lowest BCUT2D eigenvalue weighted by Gasteiger charge is -2.26. The van der Waals surface area contributed by atoms with Gasteiger partial charge in [-0.2, -0.15) is 0 Å². The number of hydrogen-bond donors (Lipinski definition) is 2. The standard InChI is InChI=1S/C22H27F3N2O3/c1-14-12-19(15(2)27(14)17-6-4-3-5-7-17)21(29)26-13-20(28)16-8-10-18(11-9-16)30-22(23,24)25/h8-12,17,20,28H,3-7,13H2,1-2H3,(H,26,29). The summed E-state index contributed by atoms with van der Waals surface area (Å²) in [7, 11) is 0. The van der Waals surface area contributed by atoms with Gasteiger partial charge in [0.15, 0.2) is 0 Å². The van der Waals surface area contributed by atoms with Crippen molar-refractivity contribution in [3.05, 3.63) is 52.8 Å². The van der Waals surface area contributed by atoms with Gasteiger partial charge in [-0.15, -0.1) is 13.2 Å². The van der Waals surface area contributed by atoms with Gasteiger partial charge in [-0.3, -0.25) is 4.79 Å². The molecule has 1 aromatic carbocycles. The first kappa shape index (κ1) is 22.2. The van der Waals surface area contributed by atoms with Gasteiger partial charge in [0.25, 0.3) is 5.91 Å². The highest BCUT2D eigenvalue weighted by Gasteiger charge is 2.31. The summed E-state index contributed by atoms with van der Waals surface area (Å²) in [4.78, 5) is 12.7. The topological polar surface area (TPSA) is 63.5 Å². The zero-order chi connectivity index (χ0) is 21.9. The number of nitrogens with one attached hydrogen (secondary N) is 1. The monoisotopic (exact) mass is 424 g/mol. The molecule has 0 saturated heterocycles. The zero-order valence-corrected chi connectivity index (χ0v) is 17.1. The normalized spacial score (nSPS) is 16.3. The molecule has 3 rings (SSSR count). The van der Waals surface area contributed by atoms with Crippen LogP contribution in [0.25, 0.3) is 0 Å². The highest BCUT2D eigenvalue weighted by molar-refractivity contribution is 5.95. The van der Waals surface area contributed by atoms with Crippen molar-refractivity contribution in [1.29, 1.82) is 0 Å². The molecule has 164 valence electrons. The van der Waals surface area contributed by atoms with E-state index in [2.05, 4.69) is 14.6 Å². The number of aliphatic hydroxyl groups excluding tert-OH is 1. The summed E-state index contributed by atoms with van der Waals surface area (Å²) >= 11 is 0. The molecule has 1 atom stereocenters. The number of carbonyl (C=O) groups excluding carboxylic acids is 1. The first-order chi connectivity index (χ1) is 14.2. The molecule has 1 fully saturated rings. The van der Waals surface area contributed by atoms with E-state index in [-0.39, 0.29) is 18.2 Å². The van der Waals surface area contributed by atoms with Gasteiger partial charge in [0.05, 0.1) is 11.7 Å². The smallest absolute Gasteiger partial charge is 0.406 e. The van der Waals surface area contributed by atoms with E-state index in [4.69, 9.17) is 0 Å². The second-order valence-electron chi connectivity index (χ2n) is 7.79. The van der Waals surface area contributed by atoms with Gasteiger partial charge < -0.3 is 19.7 Å². The number of aryl methyl sites for hydroxylation is 1. The minimum atomic E-state index is -4.77. The van der Waals surface area contributed by atoms with Crippen LogP contribution >= 0.6 is 0 Å². The number of ether oxygens (including phenoxy) is 1. The second-order valence-corrected chi connectivity index (χ2v) is 7.79. The summed E-state index contributed by atoms with van der Waals surface area (Å²) in [5.41, 5.74) is 2.93. The van der Waals surface area contributed by atoms with E-state index in [0.717, 1.165) is 36.4 Å². The highest BCUT2D eigenvalue weighted by atomic mass is 19.4. The fourth-order valence-corrected chi connectivity index (χ4v) is 4.20. The average molecular weight is 424 g/mol. The molecule has 0 aliphatic heterocycles. The second kappa shape index (κ2) is 9.12. The summed E-state index contributed by atoms with van der Waals surface area (Å²) in [5.74, 6) is -0.640. The van der Waals surface area contributed by atoms with E-state index >= 15 is 0 Å². The molecule has 5 nitrogen and oxygen atoms in total. The SMILES string of the molecule is Cc1cc(C(=O)NCC(O)c2ccc(OC(F)(F)F)cc2)c(C)n1C1CCCCC1. The number of hydrogen-bond acceptors (Lipinski definition) is 3. The van der Waals surface area contributed by atoms with Gasteiger partial charge in [0.1, 0.15) is 5.75 Å². The van der Waals surface area contributed by atoms with Crippen LogP contribution in [0, 0.1) is 13.8 Å². The molecule has 1 amide bonds. The Labute approximate surface area is 173 Å². The first-order valence-electron chi connectivity index (χ1n) is 10.2. The third-order valence-corrected chi connectivity index (χ3v) is 5.62. The molecule has 1 unspecified atom stereocenters. The molecule has 1 aliphatic carbocycles. The van der Waals surface area contributed by atoms with Crippen molar-refractivity contribution in [1.82, 2.24) is 9.88 Å². The number of alkyl halides is 3. The fourth-order valence-electron chi connectivity index (χ4n) is 4.20. The number of aromatic nitrogens is 1. The van der Waals surface area contributed by atoms with Gasteiger partial charge in [-0.1, -0.05) is 31.4 Å². The number of halogens is 3. The molecule has 0 spiro atoms. The van der Waals surface area contributed by atoms with Crippen molar-refractivity contribution in [3.63, 3.8) is 0 Å². The van der Waals surface area contributed by atoms with E-state index in [0.29, 0.717) is 17.2 Å². The predicted molar refractivity (Wildman–Crippen MR) is 106 cm³/mol. The molecular weight excluding hydrogens is 397 g/mol. The summed E-state index contributed by atoms with van der Waals surface area (Å²) in [5, 5.41) is 13.0. The Morgan fingerprint density at radius 2 is 1.83 bits per heavy atom. The third kappa shape index (κ3) is 5.36. The van der Waals surface area contributed by atoms with E-state index in [1.165, 1.54) is 31.4 Å². The Kier molecular flexibility index (Phi) is 6.75. The Bertz CT molecular complexity index is 869. The van der Waals surface area contributed by atoms with Crippen molar-refractivity contribution in [2.24, 2.45) is 0 Å².